The molecule has 3 rings (SSSR count). The molecule has 0 saturated carbocycles. The van der Waals surface area contributed by atoms with Crippen molar-refractivity contribution in [3.8, 4) is 0 Å². The van der Waals surface area contributed by atoms with Crippen molar-refractivity contribution in [3.05, 3.63) is 57.3 Å². The van der Waals surface area contributed by atoms with E-state index in [0.717, 1.165) is 26.2 Å². The number of rotatable bonds is 3. The van der Waals surface area contributed by atoms with Gasteiger partial charge in [-0.05, 0) is 36.4 Å². The fraction of sp³-hybridized carbons (Fsp3) is 0.412. The molecule has 1 saturated heterocycles. The first-order chi connectivity index (χ1) is 9.75. The third-order valence-corrected chi connectivity index (χ3v) is 5.13. The number of thiophene rings is 1. The number of aryl methyl sites for hydroxylation is 2. The zero-order valence-corrected chi connectivity index (χ0v) is 13.0. The van der Waals surface area contributed by atoms with Gasteiger partial charge in [0.25, 0.3) is 0 Å². The van der Waals surface area contributed by atoms with Crippen molar-refractivity contribution in [2.75, 3.05) is 26.2 Å². The molecule has 1 aromatic carbocycles. The lowest BCUT2D eigenvalue weighted by Crippen LogP contribution is -2.45. The summed E-state index contributed by atoms with van der Waals surface area (Å²) in [6.07, 6.45) is 0. The van der Waals surface area contributed by atoms with Gasteiger partial charge in [-0.25, -0.2) is 0 Å². The smallest absolute Gasteiger partial charge is 0.0699 e. The van der Waals surface area contributed by atoms with Gasteiger partial charge < -0.3 is 5.32 Å². The molecule has 2 aromatic rings. The Morgan fingerprint density at radius 1 is 1.05 bits per heavy atom. The highest BCUT2D eigenvalue weighted by molar-refractivity contribution is 7.10. The monoisotopic (exact) mass is 286 g/mol. The van der Waals surface area contributed by atoms with Gasteiger partial charge in [0.15, 0.2) is 0 Å². The van der Waals surface area contributed by atoms with E-state index in [9.17, 15) is 0 Å². The number of piperazine rings is 1. The van der Waals surface area contributed by atoms with Crippen molar-refractivity contribution < 1.29 is 0 Å². The number of hydrogen-bond acceptors (Lipinski definition) is 3. The zero-order valence-electron chi connectivity index (χ0n) is 12.2. The molecule has 1 fully saturated rings. The molecule has 106 valence electrons. The molecule has 0 amide bonds. The lowest BCUT2D eigenvalue weighted by molar-refractivity contribution is 0.200. The Morgan fingerprint density at radius 2 is 1.75 bits per heavy atom. The van der Waals surface area contributed by atoms with E-state index in [4.69, 9.17) is 0 Å². The van der Waals surface area contributed by atoms with Crippen LogP contribution in [0.4, 0.5) is 0 Å². The van der Waals surface area contributed by atoms with Crippen molar-refractivity contribution in [2.45, 2.75) is 19.9 Å². The zero-order chi connectivity index (χ0) is 13.9. The summed E-state index contributed by atoms with van der Waals surface area (Å²) in [4.78, 5) is 4.11. The average Bonchev–Trinajstić information content (AvgIpc) is 2.89. The molecule has 1 aromatic heterocycles. The Morgan fingerprint density at radius 3 is 2.35 bits per heavy atom. The van der Waals surface area contributed by atoms with Gasteiger partial charge in [0, 0.05) is 31.1 Å². The molecule has 0 bridgehead atoms. The maximum absolute atomic E-state index is 3.45. The minimum atomic E-state index is 0.415. The molecule has 0 spiro atoms. The van der Waals surface area contributed by atoms with Crippen molar-refractivity contribution in [2.24, 2.45) is 0 Å². The largest absolute Gasteiger partial charge is 0.314 e. The molecule has 2 heterocycles. The van der Waals surface area contributed by atoms with Gasteiger partial charge in [0.05, 0.1) is 6.04 Å². The van der Waals surface area contributed by atoms with Gasteiger partial charge in [0.1, 0.15) is 0 Å². The van der Waals surface area contributed by atoms with Gasteiger partial charge in [0.2, 0.25) is 0 Å². The molecule has 20 heavy (non-hydrogen) atoms. The first-order valence-electron chi connectivity index (χ1n) is 7.31. The van der Waals surface area contributed by atoms with Crippen LogP contribution >= 0.6 is 11.3 Å². The van der Waals surface area contributed by atoms with E-state index in [1.54, 1.807) is 0 Å². The average molecular weight is 286 g/mol. The van der Waals surface area contributed by atoms with E-state index < -0.39 is 0 Å². The first kappa shape index (κ1) is 13.8. The number of nitrogens with zero attached hydrogens (tertiary/aromatic N) is 1. The van der Waals surface area contributed by atoms with Crippen molar-refractivity contribution in [3.63, 3.8) is 0 Å². The molecular weight excluding hydrogens is 264 g/mol. The minimum Gasteiger partial charge on any atom is -0.314 e. The molecule has 0 radical (unpaired) electrons. The number of nitrogens with one attached hydrogen (secondary N) is 1. The Labute approximate surface area is 125 Å². The second-order valence-electron chi connectivity index (χ2n) is 5.57. The van der Waals surface area contributed by atoms with Crippen LogP contribution in [0.15, 0.2) is 35.7 Å². The quantitative estimate of drug-likeness (QED) is 0.931. The number of hydrogen-bond donors (Lipinski definition) is 1. The summed E-state index contributed by atoms with van der Waals surface area (Å²) in [6.45, 7) is 8.81. The summed E-state index contributed by atoms with van der Waals surface area (Å²) in [7, 11) is 0. The van der Waals surface area contributed by atoms with Crippen LogP contribution in [-0.2, 0) is 0 Å². The van der Waals surface area contributed by atoms with Crippen molar-refractivity contribution in [1.82, 2.24) is 10.2 Å². The maximum atomic E-state index is 3.45. The molecule has 3 heteroatoms. The summed E-state index contributed by atoms with van der Waals surface area (Å²) in [5, 5.41) is 5.67. The molecule has 1 aliphatic rings. The summed E-state index contributed by atoms with van der Waals surface area (Å²) >= 11 is 1.89. The van der Waals surface area contributed by atoms with Gasteiger partial charge in [-0.1, -0.05) is 29.8 Å². The normalized spacial score (nSPS) is 18.1. The minimum absolute atomic E-state index is 0.415. The van der Waals surface area contributed by atoms with Crippen LogP contribution < -0.4 is 5.32 Å². The second kappa shape index (κ2) is 6.08. The molecular formula is C17H22N2S. The SMILES string of the molecule is Cc1ccc(C(c2sccc2C)N2CCNCC2)cc1. The van der Waals surface area contributed by atoms with Crippen LogP contribution in [0.1, 0.15) is 27.6 Å². The van der Waals surface area contributed by atoms with Crippen LogP contribution in [-0.4, -0.2) is 31.1 Å². The van der Waals surface area contributed by atoms with Gasteiger partial charge in [-0.15, -0.1) is 11.3 Å². The van der Waals surface area contributed by atoms with Crippen LogP contribution in [0.25, 0.3) is 0 Å². The Kier molecular flexibility index (Phi) is 4.20. The molecule has 1 atom stereocenters. The van der Waals surface area contributed by atoms with Crippen LogP contribution in [0.5, 0.6) is 0 Å². The van der Waals surface area contributed by atoms with E-state index in [1.165, 1.54) is 21.6 Å². The summed E-state index contributed by atoms with van der Waals surface area (Å²) in [6, 6.07) is 11.7. The highest BCUT2D eigenvalue weighted by Crippen LogP contribution is 2.34. The number of benzene rings is 1. The molecule has 1 aliphatic heterocycles. The van der Waals surface area contributed by atoms with E-state index in [2.05, 4.69) is 59.8 Å². The topological polar surface area (TPSA) is 15.3 Å². The predicted molar refractivity (Wildman–Crippen MR) is 86.5 cm³/mol. The molecule has 1 unspecified atom stereocenters. The van der Waals surface area contributed by atoms with E-state index >= 15 is 0 Å². The second-order valence-corrected chi connectivity index (χ2v) is 6.51. The van der Waals surface area contributed by atoms with Gasteiger partial charge in [-0.2, -0.15) is 0 Å². The Bertz CT molecular complexity index is 553. The third-order valence-electron chi connectivity index (χ3n) is 4.06. The standard InChI is InChI=1S/C17H22N2S/c1-13-3-5-15(6-4-13)16(17-14(2)7-12-20-17)19-10-8-18-9-11-19/h3-7,12,16,18H,8-11H2,1-2H3. The highest BCUT2D eigenvalue weighted by Gasteiger charge is 2.25. The van der Waals surface area contributed by atoms with Crippen LogP contribution in [0.3, 0.4) is 0 Å². The fourth-order valence-electron chi connectivity index (χ4n) is 2.88. The summed E-state index contributed by atoms with van der Waals surface area (Å²) < 4.78 is 0. The maximum Gasteiger partial charge on any atom is 0.0699 e. The highest BCUT2D eigenvalue weighted by atomic mass is 32.1. The summed E-state index contributed by atoms with van der Waals surface area (Å²) in [5.41, 5.74) is 4.16. The summed E-state index contributed by atoms with van der Waals surface area (Å²) in [5.74, 6) is 0. The van der Waals surface area contributed by atoms with Crippen LogP contribution in [0.2, 0.25) is 0 Å². The molecule has 1 N–H and O–H groups in total. The Balaban J connectivity index is 1.98. The van der Waals surface area contributed by atoms with E-state index in [-0.39, 0.29) is 0 Å². The lowest BCUT2D eigenvalue weighted by atomic mass is 9.99. The third kappa shape index (κ3) is 2.80. The molecule has 2 nitrogen and oxygen atoms in total. The fourth-order valence-corrected chi connectivity index (χ4v) is 3.97. The Hall–Kier alpha value is -1.16. The molecule has 0 aliphatic carbocycles. The predicted octanol–water partition coefficient (Wildman–Crippen LogP) is 3.36. The van der Waals surface area contributed by atoms with Crippen molar-refractivity contribution in [1.29, 1.82) is 0 Å². The van der Waals surface area contributed by atoms with E-state index in [1.807, 2.05) is 11.3 Å². The van der Waals surface area contributed by atoms with Crippen molar-refractivity contribution >= 4 is 11.3 Å². The first-order valence-corrected chi connectivity index (χ1v) is 8.19. The van der Waals surface area contributed by atoms with Gasteiger partial charge in [-0.3, -0.25) is 4.90 Å². The lowest BCUT2D eigenvalue weighted by Gasteiger charge is -2.35. The van der Waals surface area contributed by atoms with Gasteiger partial charge >= 0.3 is 0 Å². The van der Waals surface area contributed by atoms with Crippen LogP contribution in [0, 0.1) is 13.8 Å². The van der Waals surface area contributed by atoms with E-state index in [0.29, 0.717) is 6.04 Å².